The molecule has 0 unspecified atom stereocenters. The monoisotopic (exact) mass is 400 g/mol. The van der Waals surface area contributed by atoms with E-state index in [1.807, 2.05) is 67.1 Å². The largest absolute Gasteiger partial charge is 0.361 e. The molecule has 0 fully saturated rings. The third-order valence-electron chi connectivity index (χ3n) is 5.65. The van der Waals surface area contributed by atoms with Crippen LogP contribution >= 0.6 is 0 Å². The number of pyridine rings is 1. The number of carbonyl (C=O) groups is 1. The summed E-state index contributed by atoms with van der Waals surface area (Å²) in [5.74, 6) is -0.00645. The van der Waals surface area contributed by atoms with E-state index < -0.39 is 0 Å². The topological polar surface area (TPSA) is 86.8 Å². The van der Waals surface area contributed by atoms with E-state index in [0.29, 0.717) is 12.1 Å². The van der Waals surface area contributed by atoms with Gasteiger partial charge in [0, 0.05) is 18.9 Å². The van der Waals surface area contributed by atoms with Gasteiger partial charge in [0.05, 0.1) is 41.4 Å². The molecule has 7 nitrogen and oxygen atoms in total. The fourth-order valence-corrected chi connectivity index (χ4v) is 3.73. The van der Waals surface area contributed by atoms with Crippen molar-refractivity contribution in [3.05, 3.63) is 70.8 Å². The van der Waals surface area contributed by atoms with Gasteiger partial charge in [-0.3, -0.25) is 14.5 Å². The Morgan fingerprint density at radius 2 is 2.07 bits per heavy atom. The lowest BCUT2D eigenvalue weighted by atomic mass is 10.1. The predicted octanol–water partition coefficient (Wildman–Crippen LogP) is 3.07. The maximum absolute atomic E-state index is 12.1. The van der Waals surface area contributed by atoms with Gasteiger partial charge >= 0.3 is 0 Å². The van der Waals surface area contributed by atoms with Gasteiger partial charge in [0.1, 0.15) is 6.04 Å². The maximum Gasteiger partial charge on any atom is 0.246 e. The van der Waals surface area contributed by atoms with Crippen molar-refractivity contribution >= 4 is 17.3 Å². The van der Waals surface area contributed by atoms with E-state index in [-0.39, 0.29) is 11.9 Å². The van der Waals surface area contributed by atoms with Crippen LogP contribution in [0.2, 0.25) is 0 Å². The standard InChI is InChI=1S/C23H24N6O/c1-15-22-21(28(3)16(2)23(30)27-22)10-20(26-15)9-8-17-12-25-29(13-17)14-19-7-5-4-6-18(19)11-24/h4-7,10,12-13,16H,8-9,14H2,1-3H3,(H,27,30)/t16-/m0/s1. The SMILES string of the molecule is Cc1nc(CCc2cnn(Cc3ccccc3C#N)c2)cc2c1NC(=O)[C@H](C)N2C. The molecule has 0 saturated carbocycles. The van der Waals surface area contributed by atoms with Gasteiger partial charge in [0.15, 0.2) is 0 Å². The molecule has 0 spiro atoms. The Kier molecular flexibility index (Phi) is 5.23. The number of nitriles is 1. The van der Waals surface area contributed by atoms with Crippen LogP contribution in [0.3, 0.4) is 0 Å². The number of nitrogens with one attached hydrogen (secondary N) is 1. The highest BCUT2D eigenvalue weighted by Crippen LogP contribution is 2.33. The molecule has 1 amide bonds. The number of anilines is 2. The zero-order valence-electron chi connectivity index (χ0n) is 17.4. The summed E-state index contributed by atoms with van der Waals surface area (Å²) in [4.78, 5) is 18.8. The molecule has 152 valence electrons. The summed E-state index contributed by atoms with van der Waals surface area (Å²) in [6, 6.07) is 11.7. The normalized spacial score (nSPS) is 15.5. The minimum absolute atomic E-state index is 0.00645. The number of carbonyl (C=O) groups excluding carboxylic acids is 1. The highest BCUT2D eigenvalue weighted by molar-refractivity contribution is 6.03. The molecule has 1 aliphatic rings. The van der Waals surface area contributed by atoms with Crippen molar-refractivity contribution < 1.29 is 4.79 Å². The summed E-state index contributed by atoms with van der Waals surface area (Å²) in [5, 5.41) is 16.7. The molecule has 7 heteroatoms. The lowest BCUT2D eigenvalue weighted by Gasteiger charge is -2.34. The van der Waals surface area contributed by atoms with Gasteiger partial charge < -0.3 is 10.2 Å². The van der Waals surface area contributed by atoms with Gasteiger partial charge in [-0.2, -0.15) is 10.4 Å². The molecule has 2 aromatic heterocycles. The minimum Gasteiger partial charge on any atom is -0.361 e. The molecule has 30 heavy (non-hydrogen) atoms. The van der Waals surface area contributed by atoms with Crippen molar-refractivity contribution in [3.63, 3.8) is 0 Å². The maximum atomic E-state index is 12.1. The molecule has 1 aliphatic heterocycles. The van der Waals surface area contributed by atoms with Crippen molar-refractivity contribution in [2.45, 2.75) is 39.3 Å². The van der Waals surface area contributed by atoms with Crippen LogP contribution in [0.4, 0.5) is 11.4 Å². The average Bonchev–Trinajstić information content (AvgIpc) is 3.19. The smallest absolute Gasteiger partial charge is 0.246 e. The number of fused-ring (bicyclic) bond motifs is 1. The van der Waals surface area contributed by atoms with Crippen LogP contribution in [-0.2, 0) is 24.2 Å². The lowest BCUT2D eigenvalue weighted by Crippen LogP contribution is -2.44. The van der Waals surface area contributed by atoms with Crippen molar-refractivity contribution in [1.82, 2.24) is 14.8 Å². The fourth-order valence-electron chi connectivity index (χ4n) is 3.73. The fraction of sp³-hybridized carbons (Fsp3) is 0.304. The summed E-state index contributed by atoms with van der Waals surface area (Å²) in [6.45, 7) is 4.39. The molecule has 0 saturated heterocycles. The highest BCUT2D eigenvalue weighted by atomic mass is 16.2. The van der Waals surface area contributed by atoms with Gasteiger partial charge in [-0.25, -0.2) is 0 Å². The van der Waals surface area contributed by atoms with Crippen molar-refractivity contribution in [1.29, 1.82) is 5.26 Å². The molecule has 0 aliphatic carbocycles. The quantitative estimate of drug-likeness (QED) is 0.711. The Labute approximate surface area is 176 Å². The first-order valence-electron chi connectivity index (χ1n) is 10.00. The third-order valence-corrected chi connectivity index (χ3v) is 5.65. The molecule has 1 N–H and O–H groups in total. The number of hydrogen-bond acceptors (Lipinski definition) is 5. The second kappa shape index (κ2) is 7.99. The second-order valence-corrected chi connectivity index (χ2v) is 7.68. The molecule has 0 bridgehead atoms. The zero-order valence-corrected chi connectivity index (χ0v) is 17.4. The van der Waals surface area contributed by atoms with Crippen molar-refractivity contribution in [2.24, 2.45) is 0 Å². The number of aromatic nitrogens is 3. The van der Waals surface area contributed by atoms with Gasteiger partial charge in [0.25, 0.3) is 0 Å². The molecular weight excluding hydrogens is 376 g/mol. The first-order valence-corrected chi connectivity index (χ1v) is 10.00. The van der Waals surface area contributed by atoms with Crippen molar-refractivity contribution in [3.8, 4) is 6.07 Å². The van der Waals surface area contributed by atoms with E-state index in [0.717, 1.165) is 46.7 Å². The number of hydrogen-bond donors (Lipinski definition) is 1. The van der Waals surface area contributed by atoms with E-state index in [9.17, 15) is 10.1 Å². The average molecular weight is 400 g/mol. The van der Waals surface area contributed by atoms with Gasteiger partial charge in [0.2, 0.25) is 5.91 Å². The number of nitrogens with zero attached hydrogens (tertiary/aromatic N) is 5. The van der Waals surface area contributed by atoms with E-state index >= 15 is 0 Å². The van der Waals surface area contributed by atoms with E-state index in [4.69, 9.17) is 0 Å². The van der Waals surface area contributed by atoms with Crippen LogP contribution in [0.15, 0.2) is 42.7 Å². The van der Waals surface area contributed by atoms with Gasteiger partial charge in [-0.15, -0.1) is 0 Å². The summed E-state index contributed by atoms with van der Waals surface area (Å²) >= 11 is 0. The third kappa shape index (κ3) is 3.77. The Morgan fingerprint density at radius 1 is 1.27 bits per heavy atom. The van der Waals surface area contributed by atoms with E-state index in [2.05, 4.69) is 27.5 Å². The number of benzene rings is 1. The summed E-state index contributed by atoms with van der Waals surface area (Å²) in [5.41, 5.74) is 6.38. The molecule has 3 heterocycles. The second-order valence-electron chi connectivity index (χ2n) is 7.68. The van der Waals surface area contributed by atoms with E-state index in [1.165, 1.54) is 0 Å². The van der Waals surface area contributed by atoms with Crippen LogP contribution < -0.4 is 10.2 Å². The predicted molar refractivity (Wildman–Crippen MR) is 115 cm³/mol. The Balaban J connectivity index is 1.47. The van der Waals surface area contributed by atoms with Crippen molar-refractivity contribution in [2.75, 3.05) is 17.3 Å². The zero-order chi connectivity index (χ0) is 21.3. The summed E-state index contributed by atoms with van der Waals surface area (Å²) < 4.78 is 1.86. The number of aryl methyl sites for hydroxylation is 3. The Morgan fingerprint density at radius 3 is 2.87 bits per heavy atom. The summed E-state index contributed by atoms with van der Waals surface area (Å²) in [6.07, 6.45) is 5.49. The number of likely N-dealkylation sites (N-methyl/N-ethyl adjacent to an activating group) is 1. The van der Waals surface area contributed by atoms with Gasteiger partial charge in [-0.1, -0.05) is 18.2 Å². The number of amides is 1. The van der Waals surface area contributed by atoms with Crippen LogP contribution in [0.1, 0.15) is 35.0 Å². The van der Waals surface area contributed by atoms with Crippen LogP contribution in [-0.4, -0.2) is 33.8 Å². The molecule has 4 rings (SSSR count). The van der Waals surface area contributed by atoms with Crippen LogP contribution in [0, 0.1) is 18.3 Å². The Hall–Kier alpha value is -3.66. The molecule has 0 radical (unpaired) electrons. The lowest BCUT2D eigenvalue weighted by molar-refractivity contribution is -0.117. The first-order chi connectivity index (χ1) is 14.5. The minimum atomic E-state index is -0.207. The van der Waals surface area contributed by atoms with Crippen LogP contribution in [0.5, 0.6) is 0 Å². The molecule has 3 aromatic rings. The first kappa shape index (κ1) is 19.6. The number of rotatable bonds is 5. The highest BCUT2D eigenvalue weighted by Gasteiger charge is 2.28. The van der Waals surface area contributed by atoms with Crippen LogP contribution in [0.25, 0.3) is 0 Å². The van der Waals surface area contributed by atoms with Gasteiger partial charge in [-0.05, 0) is 49.9 Å². The Bertz CT molecular complexity index is 1140. The molecule has 1 atom stereocenters. The summed E-state index contributed by atoms with van der Waals surface area (Å²) in [7, 11) is 1.94. The molecule has 1 aromatic carbocycles. The van der Waals surface area contributed by atoms with E-state index in [1.54, 1.807) is 0 Å². The molecular formula is C23H24N6O.